The van der Waals surface area contributed by atoms with Crippen LogP contribution in [0.1, 0.15) is 22.3 Å². The van der Waals surface area contributed by atoms with E-state index in [2.05, 4.69) is 15.3 Å². The molecule has 0 saturated heterocycles. The Morgan fingerprint density at radius 1 is 1.00 bits per heavy atom. The van der Waals surface area contributed by atoms with E-state index in [1.165, 1.54) is 6.07 Å². The maximum Gasteiger partial charge on any atom is 0.270 e. The van der Waals surface area contributed by atoms with Crippen molar-refractivity contribution in [1.29, 1.82) is 0 Å². The third-order valence-electron chi connectivity index (χ3n) is 4.65. The van der Waals surface area contributed by atoms with Crippen molar-refractivity contribution in [2.45, 2.75) is 42.6 Å². The van der Waals surface area contributed by atoms with Gasteiger partial charge in [0.05, 0.1) is 16.8 Å². The third kappa shape index (κ3) is 5.23. The summed E-state index contributed by atoms with van der Waals surface area (Å²) in [6.07, 6.45) is 1.04. The predicted molar refractivity (Wildman–Crippen MR) is 121 cm³/mol. The molecule has 1 amide bonds. The van der Waals surface area contributed by atoms with Gasteiger partial charge in [-0.2, -0.15) is 0 Å². The normalized spacial score (nSPS) is 11.4. The maximum atomic E-state index is 12.9. The summed E-state index contributed by atoms with van der Waals surface area (Å²) in [5, 5.41) is 2.98. The fourth-order valence-electron chi connectivity index (χ4n) is 3.12. The molecule has 0 bridgehead atoms. The van der Waals surface area contributed by atoms with Crippen molar-refractivity contribution in [3.8, 4) is 0 Å². The van der Waals surface area contributed by atoms with Gasteiger partial charge in [-0.3, -0.25) is 9.59 Å². The number of benzene rings is 2. The number of aromatic amines is 1. The molecule has 31 heavy (non-hydrogen) atoms. The number of rotatable bonds is 6. The minimum atomic E-state index is -4.01. The SMILES string of the molecule is Cc1ccc(NC(=O)CSc2ncc(S(=O)(=O)c3ccc(C)cc3C)c(=O)[nH]2)c(C)c1. The third-order valence-corrected chi connectivity index (χ3v) is 7.44. The number of sulfone groups is 1. The molecular weight excluding hydrogens is 434 g/mol. The molecule has 0 fully saturated rings. The highest BCUT2D eigenvalue weighted by Crippen LogP contribution is 2.23. The van der Waals surface area contributed by atoms with Gasteiger partial charge in [0.15, 0.2) is 10.1 Å². The van der Waals surface area contributed by atoms with E-state index in [1.807, 2.05) is 39.0 Å². The molecule has 2 aromatic carbocycles. The van der Waals surface area contributed by atoms with E-state index in [0.29, 0.717) is 11.3 Å². The topological polar surface area (TPSA) is 109 Å². The molecule has 0 radical (unpaired) electrons. The zero-order valence-corrected chi connectivity index (χ0v) is 19.3. The summed E-state index contributed by atoms with van der Waals surface area (Å²) in [5.41, 5.74) is 3.48. The second kappa shape index (κ2) is 9.07. The second-order valence-corrected chi connectivity index (χ2v) is 10.2. The molecule has 2 N–H and O–H groups in total. The number of hydrogen-bond acceptors (Lipinski definition) is 6. The van der Waals surface area contributed by atoms with Crippen molar-refractivity contribution in [1.82, 2.24) is 9.97 Å². The van der Waals surface area contributed by atoms with Gasteiger partial charge in [-0.05, 0) is 51.0 Å². The average molecular weight is 458 g/mol. The van der Waals surface area contributed by atoms with Crippen LogP contribution >= 0.6 is 11.8 Å². The van der Waals surface area contributed by atoms with Crippen LogP contribution in [-0.4, -0.2) is 30.0 Å². The first-order chi connectivity index (χ1) is 14.6. The standard InChI is InChI=1S/C22H23N3O4S2/c1-13-5-7-17(15(3)9-13)24-20(26)12-30-22-23-11-19(21(27)25-22)31(28,29)18-8-6-14(2)10-16(18)4/h5-11H,12H2,1-4H3,(H,24,26)(H,23,25,27). The number of amides is 1. The van der Waals surface area contributed by atoms with E-state index in [-0.39, 0.29) is 21.7 Å². The summed E-state index contributed by atoms with van der Waals surface area (Å²) in [6, 6.07) is 10.6. The van der Waals surface area contributed by atoms with E-state index in [9.17, 15) is 18.0 Å². The van der Waals surface area contributed by atoms with Gasteiger partial charge >= 0.3 is 0 Å². The van der Waals surface area contributed by atoms with Crippen LogP contribution in [0, 0.1) is 27.7 Å². The lowest BCUT2D eigenvalue weighted by molar-refractivity contribution is -0.113. The Morgan fingerprint density at radius 3 is 2.26 bits per heavy atom. The summed E-state index contributed by atoms with van der Waals surface area (Å²) in [5.74, 6) is -0.244. The molecular formula is C22H23N3O4S2. The molecule has 0 aliphatic heterocycles. The van der Waals surface area contributed by atoms with Gasteiger partial charge in [-0.15, -0.1) is 0 Å². The van der Waals surface area contributed by atoms with Crippen LogP contribution in [0.15, 0.2) is 62.3 Å². The first kappa shape index (κ1) is 22.8. The molecule has 0 saturated carbocycles. The smallest absolute Gasteiger partial charge is 0.270 e. The van der Waals surface area contributed by atoms with E-state index < -0.39 is 20.3 Å². The van der Waals surface area contributed by atoms with Crippen LogP contribution < -0.4 is 10.9 Å². The average Bonchev–Trinajstić information content (AvgIpc) is 2.68. The Labute approximate surface area is 185 Å². The molecule has 3 rings (SSSR count). The Morgan fingerprint density at radius 2 is 1.65 bits per heavy atom. The molecule has 1 aromatic heterocycles. The van der Waals surface area contributed by atoms with Crippen molar-refractivity contribution in [3.05, 3.63) is 75.2 Å². The molecule has 7 nitrogen and oxygen atoms in total. The van der Waals surface area contributed by atoms with E-state index in [4.69, 9.17) is 0 Å². The number of carbonyl (C=O) groups is 1. The van der Waals surface area contributed by atoms with Gasteiger partial charge in [0.1, 0.15) is 0 Å². The number of aryl methyl sites for hydroxylation is 4. The minimum absolute atomic E-state index is 0.0133. The van der Waals surface area contributed by atoms with Crippen molar-refractivity contribution < 1.29 is 13.2 Å². The zero-order valence-electron chi connectivity index (χ0n) is 17.6. The number of nitrogens with zero attached hydrogens (tertiary/aromatic N) is 1. The predicted octanol–water partition coefficient (Wildman–Crippen LogP) is 3.57. The van der Waals surface area contributed by atoms with Crippen molar-refractivity contribution in [2.75, 3.05) is 11.1 Å². The molecule has 0 aliphatic rings. The summed E-state index contributed by atoms with van der Waals surface area (Å²) in [4.78, 5) is 30.8. The first-order valence-corrected chi connectivity index (χ1v) is 12.0. The number of anilines is 1. The monoisotopic (exact) mass is 457 g/mol. The molecule has 162 valence electrons. The number of H-pyrrole nitrogens is 1. The number of nitrogens with one attached hydrogen (secondary N) is 2. The molecule has 3 aromatic rings. The highest BCUT2D eigenvalue weighted by atomic mass is 32.2. The van der Waals surface area contributed by atoms with Gasteiger partial charge in [-0.1, -0.05) is 47.2 Å². The van der Waals surface area contributed by atoms with Gasteiger partial charge in [0, 0.05) is 5.69 Å². The quantitative estimate of drug-likeness (QED) is 0.433. The second-order valence-electron chi connectivity index (χ2n) is 7.31. The van der Waals surface area contributed by atoms with Crippen LogP contribution in [0.3, 0.4) is 0 Å². The van der Waals surface area contributed by atoms with Gasteiger partial charge in [-0.25, -0.2) is 13.4 Å². The zero-order chi connectivity index (χ0) is 22.8. The molecule has 0 unspecified atom stereocenters. The van der Waals surface area contributed by atoms with Crippen molar-refractivity contribution >= 4 is 33.2 Å². The first-order valence-electron chi connectivity index (χ1n) is 9.49. The Kier molecular flexibility index (Phi) is 6.66. The fraction of sp³-hybridized carbons (Fsp3) is 0.227. The maximum absolute atomic E-state index is 12.9. The number of hydrogen-bond donors (Lipinski definition) is 2. The van der Waals surface area contributed by atoms with Crippen molar-refractivity contribution in [3.63, 3.8) is 0 Å². The van der Waals surface area contributed by atoms with Gasteiger partial charge in [0.25, 0.3) is 5.56 Å². The van der Waals surface area contributed by atoms with Gasteiger partial charge in [0.2, 0.25) is 15.7 Å². The van der Waals surface area contributed by atoms with Crippen LogP contribution in [0.25, 0.3) is 0 Å². The molecule has 0 aliphatic carbocycles. The lowest BCUT2D eigenvalue weighted by Gasteiger charge is -2.09. The fourth-order valence-corrected chi connectivity index (χ4v) is 5.21. The number of carbonyl (C=O) groups excluding carboxylic acids is 1. The Hall–Kier alpha value is -2.91. The van der Waals surface area contributed by atoms with E-state index in [0.717, 1.165) is 34.6 Å². The minimum Gasteiger partial charge on any atom is -0.325 e. The lowest BCUT2D eigenvalue weighted by Crippen LogP contribution is -2.20. The molecule has 0 atom stereocenters. The lowest BCUT2D eigenvalue weighted by atomic mass is 10.1. The summed E-state index contributed by atoms with van der Waals surface area (Å²) in [7, 11) is -4.01. The van der Waals surface area contributed by atoms with Crippen LogP contribution in [0.4, 0.5) is 5.69 Å². The summed E-state index contributed by atoms with van der Waals surface area (Å²) >= 11 is 1.02. The van der Waals surface area contributed by atoms with Gasteiger partial charge < -0.3 is 10.3 Å². The summed E-state index contributed by atoms with van der Waals surface area (Å²) in [6.45, 7) is 7.42. The Balaban J connectivity index is 1.73. The summed E-state index contributed by atoms with van der Waals surface area (Å²) < 4.78 is 25.8. The highest BCUT2D eigenvalue weighted by molar-refractivity contribution is 7.99. The number of thioether (sulfide) groups is 1. The van der Waals surface area contributed by atoms with E-state index in [1.54, 1.807) is 19.1 Å². The van der Waals surface area contributed by atoms with Crippen LogP contribution in [0.2, 0.25) is 0 Å². The number of aromatic nitrogens is 2. The molecule has 1 heterocycles. The van der Waals surface area contributed by atoms with E-state index >= 15 is 0 Å². The van der Waals surface area contributed by atoms with Crippen LogP contribution in [0.5, 0.6) is 0 Å². The highest BCUT2D eigenvalue weighted by Gasteiger charge is 2.24. The molecule has 0 spiro atoms. The Bertz CT molecular complexity index is 1310. The van der Waals surface area contributed by atoms with Crippen molar-refractivity contribution in [2.24, 2.45) is 0 Å². The molecule has 9 heteroatoms. The largest absolute Gasteiger partial charge is 0.325 e. The van der Waals surface area contributed by atoms with Crippen LogP contribution in [-0.2, 0) is 14.6 Å².